The number of carboxylic acids is 1. The minimum Gasteiger partial charge on any atom is -0.480 e. The number of carboxylic acid groups (broad SMARTS) is 1. The molecule has 4 atom stereocenters. The van der Waals surface area contributed by atoms with Crippen molar-refractivity contribution in [2.24, 2.45) is 23.5 Å². The molecule has 7 N–H and O–H groups in total. The summed E-state index contributed by atoms with van der Waals surface area (Å²) >= 11 is 0. The second-order valence-electron chi connectivity index (χ2n) is 8.74. The van der Waals surface area contributed by atoms with E-state index < -0.39 is 54.5 Å². The zero-order valence-electron chi connectivity index (χ0n) is 18.8. The van der Waals surface area contributed by atoms with Crippen LogP contribution in [0.25, 0.3) is 0 Å². The Bertz CT molecular complexity index is 594. The summed E-state index contributed by atoms with van der Waals surface area (Å²) in [6.07, 6.45) is 0.549. The molecule has 0 saturated heterocycles. The largest absolute Gasteiger partial charge is 0.480 e. The van der Waals surface area contributed by atoms with Crippen molar-refractivity contribution in [1.29, 1.82) is 0 Å². The van der Waals surface area contributed by atoms with Crippen molar-refractivity contribution in [3.05, 3.63) is 0 Å². The van der Waals surface area contributed by atoms with Crippen molar-refractivity contribution in [2.75, 3.05) is 6.61 Å². The molecule has 30 heavy (non-hydrogen) atoms. The normalized spacial score (nSPS) is 15.4. The first kappa shape index (κ1) is 27.8. The van der Waals surface area contributed by atoms with Gasteiger partial charge in [0.15, 0.2) is 0 Å². The van der Waals surface area contributed by atoms with Gasteiger partial charge in [0.1, 0.15) is 24.2 Å². The average molecular weight is 431 g/mol. The van der Waals surface area contributed by atoms with Crippen LogP contribution in [0.1, 0.15) is 54.4 Å². The first-order valence-electron chi connectivity index (χ1n) is 10.3. The maximum atomic E-state index is 12.8. The van der Waals surface area contributed by atoms with Crippen molar-refractivity contribution in [3.8, 4) is 0 Å². The molecule has 0 aromatic heterocycles. The number of aliphatic hydroxyl groups excluding tert-OH is 1. The molecule has 0 aromatic carbocycles. The van der Waals surface area contributed by atoms with Crippen LogP contribution in [0.3, 0.4) is 0 Å². The summed E-state index contributed by atoms with van der Waals surface area (Å²) < 4.78 is 0. The van der Waals surface area contributed by atoms with Gasteiger partial charge in [0.2, 0.25) is 17.7 Å². The second kappa shape index (κ2) is 13.2. The lowest BCUT2D eigenvalue weighted by Gasteiger charge is -2.27. The van der Waals surface area contributed by atoms with Crippen molar-refractivity contribution >= 4 is 23.7 Å². The summed E-state index contributed by atoms with van der Waals surface area (Å²) in [4.78, 5) is 49.0. The standard InChI is InChI=1S/C20H38N4O6/c1-10(2)7-14(18(27)23-15(20(29)30)8-11(3)4)22-19(28)16(12(5)6)24-17(26)13(21)9-25/h10-16,25H,7-9,21H2,1-6H3,(H,22,28)(H,23,27)(H,24,26)(H,29,30). The maximum absolute atomic E-state index is 12.8. The van der Waals surface area contributed by atoms with Gasteiger partial charge in [-0.2, -0.15) is 0 Å². The van der Waals surface area contributed by atoms with Crippen molar-refractivity contribution < 1.29 is 29.4 Å². The summed E-state index contributed by atoms with van der Waals surface area (Å²) in [6.45, 7) is 10.3. The zero-order valence-corrected chi connectivity index (χ0v) is 18.8. The fraction of sp³-hybridized carbons (Fsp3) is 0.800. The molecule has 174 valence electrons. The number of carbonyl (C=O) groups excluding carboxylic acids is 3. The predicted molar refractivity (Wildman–Crippen MR) is 112 cm³/mol. The van der Waals surface area contributed by atoms with Crippen LogP contribution in [-0.2, 0) is 19.2 Å². The van der Waals surface area contributed by atoms with Gasteiger partial charge < -0.3 is 31.9 Å². The van der Waals surface area contributed by atoms with Gasteiger partial charge in [-0.05, 0) is 30.6 Å². The van der Waals surface area contributed by atoms with Crippen LogP contribution in [0.4, 0.5) is 0 Å². The third kappa shape index (κ3) is 10.0. The quantitative estimate of drug-likeness (QED) is 0.231. The van der Waals surface area contributed by atoms with Crippen LogP contribution in [0.15, 0.2) is 0 Å². The van der Waals surface area contributed by atoms with Gasteiger partial charge in [0.05, 0.1) is 6.61 Å². The lowest BCUT2D eigenvalue weighted by atomic mass is 9.98. The number of amides is 3. The van der Waals surface area contributed by atoms with Gasteiger partial charge >= 0.3 is 5.97 Å². The van der Waals surface area contributed by atoms with Crippen LogP contribution in [0, 0.1) is 17.8 Å². The lowest BCUT2D eigenvalue weighted by molar-refractivity contribution is -0.143. The van der Waals surface area contributed by atoms with E-state index in [1.807, 2.05) is 27.7 Å². The van der Waals surface area contributed by atoms with E-state index in [4.69, 9.17) is 10.8 Å². The molecular weight excluding hydrogens is 392 g/mol. The summed E-state index contributed by atoms with van der Waals surface area (Å²) in [6, 6.07) is -4.16. The number of nitrogens with one attached hydrogen (secondary N) is 3. The smallest absolute Gasteiger partial charge is 0.326 e. The van der Waals surface area contributed by atoms with Crippen LogP contribution in [0.5, 0.6) is 0 Å². The Kier molecular flexibility index (Phi) is 12.2. The third-order valence-corrected chi connectivity index (χ3v) is 4.44. The molecule has 0 spiro atoms. The zero-order chi connectivity index (χ0) is 23.6. The van der Waals surface area contributed by atoms with E-state index in [-0.39, 0.29) is 24.2 Å². The van der Waals surface area contributed by atoms with Gasteiger partial charge in [-0.1, -0.05) is 41.5 Å². The number of hydrogen-bond acceptors (Lipinski definition) is 6. The van der Waals surface area contributed by atoms with E-state index in [2.05, 4.69) is 16.0 Å². The van der Waals surface area contributed by atoms with E-state index in [0.29, 0.717) is 6.42 Å². The van der Waals surface area contributed by atoms with E-state index in [0.717, 1.165) is 0 Å². The van der Waals surface area contributed by atoms with Crippen LogP contribution >= 0.6 is 0 Å². The van der Waals surface area contributed by atoms with Crippen LogP contribution < -0.4 is 21.7 Å². The van der Waals surface area contributed by atoms with Crippen molar-refractivity contribution in [1.82, 2.24) is 16.0 Å². The highest BCUT2D eigenvalue weighted by Gasteiger charge is 2.32. The molecule has 0 aliphatic carbocycles. The molecule has 0 radical (unpaired) electrons. The summed E-state index contributed by atoms with van der Waals surface area (Å²) in [5.74, 6) is -3.21. The molecule has 0 rings (SSSR count). The predicted octanol–water partition coefficient (Wildman–Crippen LogP) is -0.407. The molecule has 0 saturated carbocycles. The Hall–Kier alpha value is -2.20. The first-order valence-corrected chi connectivity index (χ1v) is 10.3. The molecule has 10 nitrogen and oxygen atoms in total. The molecule has 0 fully saturated rings. The molecule has 0 heterocycles. The summed E-state index contributed by atoms with van der Waals surface area (Å²) in [5.41, 5.74) is 5.49. The van der Waals surface area contributed by atoms with E-state index in [1.165, 1.54) is 0 Å². The summed E-state index contributed by atoms with van der Waals surface area (Å²) in [5, 5.41) is 26.0. The molecular formula is C20H38N4O6. The molecule has 0 aliphatic rings. The van der Waals surface area contributed by atoms with Gasteiger partial charge in [0.25, 0.3) is 0 Å². The Morgan fingerprint density at radius 1 is 0.767 bits per heavy atom. The molecule has 4 unspecified atom stereocenters. The number of aliphatic carboxylic acids is 1. The molecule has 3 amide bonds. The Balaban J connectivity index is 5.40. The van der Waals surface area contributed by atoms with Gasteiger partial charge in [-0.15, -0.1) is 0 Å². The monoisotopic (exact) mass is 430 g/mol. The van der Waals surface area contributed by atoms with Crippen LogP contribution in [-0.4, -0.2) is 64.7 Å². The van der Waals surface area contributed by atoms with Crippen LogP contribution in [0.2, 0.25) is 0 Å². The number of nitrogens with two attached hydrogens (primary N) is 1. The molecule has 0 aliphatic heterocycles. The first-order chi connectivity index (χ1) is 13.8. The topological polar surface area (TPSA) is 171 Å². The Morgan fingerprint density at radius 2 is 1.23 bits per heavy atom. The second-order valence-corrected chi connectivity index (χ2v) is 8.74. The van der Waals surface area contributed by atoms with Gasteiger partial charge in [-0.25, -0.2) is 4.79 Å². The fourth-order valence-corrected chi connectivity index (χ4v) is 2.81. The SMILES string of the molecule is CC(C)CC(NC(=O)C(CC(C)C)NC(=O)C(NC(=O)C(N)CO)C(C)C)C(=O)O. The van der Waals surface area contributed by atoms with Crippen molar-refractivity contribution in [2.45, 2.75) is 78.6 Å². The van der Waals surface area contributed by atoms with Gasteiger partial charge in [-0.3, -0.25) is 14.4 Å². The minimum absolute atomic E-state index is 0.0457. The van der Waals surface area contributed by atoms with E-state index in [1.54, 1.807) is 13.8 Å². The highest BCUT2D eigenvalue weighted by Crippen LogP contribution is 2.10. The number of aliphatic hydroxyl groups is 1. The average Bonchev–Trinajstić information content (AvgIpc) is 2.62. The fourth-order valence-electron chi connectivity index (χ4n) is 2.81. The Morgan fingerprint density at radius 3 is 1.63 bits per heavy atom. The maximum Gasteiger partial charge on any atom is 0.326 e. The molecule has 0 aromatic rings. The third-order valence-electron chi connectivity index (χ3n) is 4.44. The molecule has 10 heteroatoms. The minimum atomic E-state index is -1.17. The number of carbonyl (C=O) groups is 4. The van der Waals surface area contributed by atoms with Gasteiger partial charge in [0, 0.05) is 0 Å². The summed E-state index contributed by atoms with van der Waals surface area (Å²) in [7, 11) is 0. The number of hydrogen-bond donors (Lipinski definition) is 6. The van der Waals surface area contributed by atoms with E-state index in [9.17, 15) is 24.3 Å². The van der Waals surface area contributed by atoms with E-state index >= 15 is 0 Å². The highest BCUT2D eigenvalue weighted by molar-refractivity contribution is 5.94. The highest BCUT2D eigenvalue weighted by atomic mass is 16.4. The molecule has 0 bridgehead atoms. The number of rotatable bonds is 13. The van der Waals surface area contributed by atoms with Crippen molar-refractivity contribution in [3.63, 3.8) is 0 Å². The Labute approximate surface area is 178 Å². The lowest BCUT2D eigenvalue weighted by Crippen LogP contribution is -2.59.